The Morgan fingerprint density at radius 1 is 0.701 bits per heavy atom. The lowest BCUT2D eigenvalue weighted by Gasteiger charge is -2.32. The summed E-state index contributed by atoms with van der Waals surface area (Å²) in [4.78, 5) is 34.5. The number of carbonyl (C=O) groups is 2. The van der Waals surface area contributed by atoms with Crippen LogP contribution in [0, 0.1) is 6.92 Å². The van der Waals surface area contributed by atoms with Crippen molar-refractivity contribution in [2.24, 2.45) is 0 Å². The van der Waals surface area contributed by atoms with E-state index in [4.69, 9.17) is 41.0 Å². The molecule has 0 unspecified atom stereocenters. The molecule has 1 N–H and O–H groups in total. The van der Waals surface area contributed by atoms with Crippen molar-refractivity contribution in [3.63, 3.8) is 0 Å². The molecule has 352 valence electrons. The van der Waals surface area contributed by atoms with Crippen LogP contribution in [-0.2, 0) is 46.7 Å². The lowest BCUT2D eigenvalue weighted by atomic mass is 9.98. The number of para-hydroxylation sites is 2. The lowest BCUT2D eigenvalue weighted by Crippen LogP contribution is -2.39. The number of rotatable bonds is 19. The molecule has 13 heteroatoms. The van der Waals surface area contributed by atoms with Crippen molar-refractivity contribution in [1.82, 2.24) is 0 Å². The van der Waals surface area contributed by atoms with Crippen LogP contribution in [0.5, 0.6) is 17.2 Å². The number of amides is 2. The summed E-state index contributed by atoms with van der Waals surface area (Å²) in [5.41, 5.74) is 11.2. The number of anilines is 4. The number of nitrogens with zero attached hydrogens (tertiary/aromatic N) is 3. The third-order valence-electron chi connectivity index (χ3n) is 13.1. The molecule has 5 aromatic rings. The number of thiol groups is 1. The van der Waals surface area contributed by atoms with Gasteiger partial charge in [0, 0.05) is 66.2 Å². The molecule has 12 nitrogen and oxygen atoms in total. The van der Waals surface area contributed by atoms with Gasteiger partial charge in [0.1, 0.15) is 19.0 Å². The predicted molar refractivity (Wildman–Crippen MR) is 266 cm³/mol. The van der Waals surface area contributed by atoms with E-state index in [0.29, 0.717) is 82.0 Å². The molecular formula is C54H62N4O8S. The third-order valence-corrected chi connectivity index (χ3v) is 13.2. The van der Waals surface area contributed by atoms with Crippen LogP contribution in [0.4, 0.5) is 22.7 Å². The van der Waals surface area contributed by atoms with Crippen LogP contribution >= 0.6 is 12.6 Å². The summed E-state index contributed by atoms with van der Waals surface area (Å²) in [6.07, 6.45) is 3.35. The lowest BCUT2D eigenvalue weighted by molar-refractivity contribution is 0.0264. The van der Waals surface area contributed by atoms with Crippen molar-refractivity contribution in [2.75, 3.05) is 86.9 Å². The van der Waals surface area contributed by atoms with Crippen molar-refractivity contribution in [2.45, 2.75) is 76.5 Å². The van der Waals surface area contributed by atoms with E-state index < -0.39 is 0 Å². The minimum atomic E-state index is -0.323. The Labute approximate surface area is 399 Å². The van der Waals surface area contributed by atoms with Gasteiger partial charge in [-0.05, 0) is 128 Å². The summed E-state index contributed by atoms with van der Waals surface area (Å²) in [6.45, 7) is 11.1. The second kappa shape index (κ2) is 20.2. The topological polar surface area (TPSA) is 111 Å². The van der Waals surface area contributed by atoms with Gasteiger partial charge in [-0.2, -0.15) is 12.6 Å². The van der Waals surface area contributed by atoms with Crippen LogP contribution in [0.2, 0.25) is 0 Å². The molecule has 0 radical (unpaired) electrons. The number of fused-ring (bicyclic) bond motifs is 8. The van der Waals surface area contributed by atoms with E-state index >= 15 is 0 Å². The highest BCUT2D eigenvalue weighted by Crippen LogP contribution is 2.42. The highest BCUT2D eigenvalue weighted by molar-refractivity contribution is 7.81. The quantitative estimate of drug-likeness (QED) is 0.0616. The van der Waals surface area contributed by atoms with Crippen molar-refractivity contribution in [3.05, 3.63) is 136 Å². The van der Waals surface area contributed by atoms with E-state index in [1.807, 2.05) is 53.1 Å². The van der Waals surface area contributed by atoms with Crippen LogP contribution in [0.25, 0.3) is 0 Å². The van der Waals surface area contributed by atoms with Crippen molar-refractivity contribution in [3.8, 4) is 17.2 Å². The zero-order valence-corrected chi connectivity index (χ0v) is 40.2. The maximum Gasteiger partial charge on any atom is 0.260 e. The SMILES string of the molecule is COCCOCCOCCN(CC(C)(C)S)c1cc(COc2cc3c(cc2C)C(=O)N2c4ccccc4C[C@H]2CC3)cc(COc2cc3c(cc2OC)C(=O)N2c4ccccc4C[C@H]2CN3)c1. The monoisotopic (exact) mass is 926 g/mol. The average Bonchev–Trinajstić information content (AvgIpc) is 3.81. The summed E-state index contributed by atoms with van der Waals surface area (Å²) < 4.78 is 35.6. The van der Waals surface area contributed by atoms with E-state index in [9.17, 15) is 9.59 Å². The smallest absolute Gasteiger partial charge is 0.260 e. The molecule has 67 heavy (non-hydrogen) atoms. The maximum atomic E-state index is 14.1. The van der Waals surface area contributed by atoms with E-state index in [0.717, 1.165) is 76.3 Å². The van der Waals surface area contributed by atoms with Gasteiger partial charge < -0.3 is 48.4 Å². The van der Waals surface area contributed by atoms with Gasteiger partial charge >= 0.3 is 0 Å². The average molecular weight is 927 g/mol. The molecular weight excluding hydrogens is 865 g/mol. The molecule has 2 atom stereocenters. The van der Waals surface area contributed by atoms with E-state index in [2.05, 4.69) is 72.6 Å². The van der Waals surface area contributed by atoms with Gasteiger partial charge in [-0.15, -0.1) is 0 Å². The van der Waals surface area contributed by atoms with Gasteiger partial charge in [0.15, 0.2) is 11.5 Å². The highest BCUT2D eigenvalue weighted by Gasteiger charge is 2.39. The first kappa shape index (κ1) is 46.4. The van der Waals surface area contributed by atoms with Crippen molar-refractivity contribution < 1.29 is 38.0 Å². The summed E-state index contributed by atoms with van der Waals surface area (Å²) >= 11 is 4.96. The molecule has 0 saturated heterocycles. The molecule has 0 saturated carbocycles. The zero-order valence-electron chi connectivity index (χ0n) is 39.3. The normalized spacial score (nSPS) is 17.0. The Bertz CT molecular complexity index is 2610. The minimum absolute atomic E-state index is 0.00815. The van der Waals surface area contributed by atoms with E-state index in [-0.39, 0.29) is 35.3 Å². The van der Waals surface area contributed by atoms with Gasteiger partial charge in [-0.1, -0.05) is 36.4 Å². The molecule has 0 fully saturated rings. The van der Waals surface area contributed by atoms with Crippen LogP contribution in [0.1, 0.15) is 74.4 Å². The molecule has 4 aliphatic heterocycles. The third kappa shape index (κ3) is 10.3. The molecule has 0 aromatic heterocycles. The standard InChI is InChI=1S/C54H62N4O8S/c1-35-22-44-38(14-15-41-26-39-10-6-8-12-47(39)57(41)52(44)59)28-49(35)65-32-36-23-37(25-42(24-36)56(34-54(2,3)67)16-17-63-20-21-64-19-18-61-4)33-66-51-30-46-45(29-50(51)62-5)53(60)58-43(31-55-46)27-40-11-7-9-13-48(40)58/h6-13,22-25,28-30,41,43,55,67H,14-21,26-27,31-34H2,1-5H3/t41-,43+/m1/s1. The van der Waals surface area contributed by atoms with E-state index in [1.54, 1.807) is 20.3 Å². The molecule has 0 spiro atoms. The molecule has 4 heterocycles. The number of carbonyl (C=O) groups excluding carboxylic acids is 2. The van der Waals surface area contributed by atoms with Crippen LogP contribution in [0.3, 0.4) is 0 Å². The number of hydrogen-bond donors (Lipinski definition) is 2. The summed E-state index contributed by atoms with van der Waals surface area (Å²) in [7, 11) is 3.26. The minimum Gasteiger partial charge on any atom is -0.493 e. The molecule has 2 amide bonds. The Kier molecular flexibility index (Phi) is 14.0. The maximum absolute atomic E-state index is 14.1. The Morgan fingerprint density at radius 3 is 2.01 bits per heavy atom. The molecule has 4 aliphatic rings. The first-order valence-electron chi connectivity index (χ1n) is 23.4. The second-order valence-electron chi connectivity index (χ2n) is 18.6. The van der Waals surface area contributed by atoms with Crippen molar-refractivity contribution >= 4 is 47.2 Å². The number of aryl methyl sites for hydroxylation is 2. The van der Waals surface area contributed by atoms with Gasteiger partial charge in [-0.25, -0.2) is 0 Å². The van der Waals surface area contributed by atoms with Gasteiger partial charge in [-0.3, -0.25) is 9.59 Å². The number of ether oxygens (including phenoxy) is 6. The summed E-state index contributed by atoms with van der Waals surface area (Å²) in [5.74, 6) is 1.76. The van der Waals surface area contributed by atoms with Gasteiger partial charge in [0.2, 0.25) is 0 Å². The fourth-order valence-electron chi connectivity index (χ4n) is 9.94. The highest BCUT2D eigenvalue weighted by atomic mass is 32.1. The van der Waals surface area contributed by atoms with Crippen LogP contribution < -0.4 is 34.2 Å². The Morgan fingerprint density at radius 2 is 1.33 bits per heavy atom. The number of methoxy groups -OCH3 is 2. The number of benzene rings is 5. The van der Waals surface area contributed by atoms with Crippen LogP contribution in [-0.4, -0.2) is 95.5 Å². The Balaban J connectivity index is 0.972. The fourth-order valence-corrected chi connectivity index (χ4v) is 10.1. The number of hydrogen-bond acceptors (Lipinski definition) is 11. The molecule has 0 bridgehead atoms. The second-order valence-corrected chi connectivity index (χ2v) is 19.8. The van der Waals surface area contributed by atoms with Crippen molar-refractivity contribution in [1.29, 1.82) is 0 Å². The summed E-state index contributed by atoms with van der Waals surface area (Å²) in [5, 5.41) is 3.55. The van der Waals surface area contributed by atoms with Gasteiger partial charge in [0.25, 0.3) is 11.8 Å². The fraction of sp³-hybridized carbons (Fsp3) is 0.407. The molecule has 0 aliphatic carbocycles. The van der Waals surface area contributed by atoms with Gasteiger partial charge in [0.05, 0.1) is 57.4 Å². The summed E-state index contributed by atoms with van der Waals surface area (Å²) in [6, 6.07) is 30.7. The zero-order chi connectivity index (χ0) is 46.7. The van der Waals surface area contributed by atoms with Crippen LogP contribution in [0.15, 0.2) is 91.0 Å². The Hall–Kier alpha value is -5.73. The molecule has 5 aromatic carbocycles. The van der Waals surface area contributed by atoms with E-state index in [1.165, 1.54) is 11.1 Å². The first-order chi connectivity index (χ1) is 32.5. The molecule has 9 rings (SSSR count). The predicted octanol–water partition coefficient (Wildman–Crippen LogP) is 8.87. The number of nitrogens with one attached hydrogen (secondary N) is 1. The first-order valence-corrected chi connectivity index (χ1v) is 23.8. The largest absolute Gasteiger partial charge is 0.493 e.